The number of nitrogens with zero attached hydrogens (tertiary/aromatic N) is 1. The Balaban J connectivity index is 1.45. The molecule has 1 aliphatic heterocycles. The minimum absolute atomic E-state index is 0.405. The summed E-state index contributed by atoms with van der Waals surface area (Å²) in [6, 6.07) is 10.7. The molecule has 2 fully saturated rings. The first-order valence-corrected chi connectivity index (χ1v) is 6.25. The average Bonchev–Trinajstić information content (AvgIpc) is 2.81. The summed E-state index contributed by atoms with van der Waals surface area (Å²) >= 11 is 0. The lowest BCUT2D eigenvalue weighted by atomic mass is 10.1. The normalized spacial score (nSPS) is 32.7. The molecular weight excluding hydrogens is 198 g/mol. The first kappa shape index (κ1) is 10.3. The number of piperidine rings is 1. The van der Waals surface area contributed by atoms with Gasteiger partial charge in [-0.05, 0) is 29.7 Å². The number of hydrogen-bond donors (Lipinski definition) is 1. The number of fused-ring (bicyclic) bond motifs is 1. The summed E-state index contributed by atoms with van der Waals surface area (Å²) in [6.07, 6.45) is 1.16. The van der Waals surface area contributed by atoms with Crippen molar-refractivity contribution in [1.82, 2.24) is 4.90 Å². The van der Waals surface area contributed by atoms with Gasteiger partial charge in [0.1, 0.15) is 0 Å². The van der Waals surface area contributed by atoms with Gasteiger partial charge in [0.25, 0.3) is 0 Å². The molecule has 1 saturated carbocycles. The van der Waals surface area contributed by atoms with Gasteiger partial charge in [0, 0.05) is 26.2 Å². The topological polar surface area (TPSA) is 23.5 Å². The molecule has 1 aromatic rings. The lowest BCUT2D eigenvalue weighted by Gasteiger charge is -2.18. The summed E-state index contributed by atoms with van der Waals surface area (Å²) in [5.41, 5.74) is 1.43. The predicted molar refractivity (Wildman–Crippen MR) is 64.1 cm³/mol. The van der Waals surface area contributed by atoms with Crippen molar-refractivity contribution in [2.45, 2.75) is 6.42 Å². The van der Waals surface area contributed by atoms with E-state index < -0.39 is 0 Å². The van der Waals surface area contributed by atoms with Crippen molar-refractivity contribution in [3.63, 3.8) is 0 Å². The van der Waals surface area contributed by atoms with Gasteiger partial charge < -0.3 is 10.0 Å². The van der Waals surface area contributed by atoms with Crippen LogP contribution in [0.1, 0.15) is 5.56 Å². The van der Waals surface area contributed by atoms with E-state index in [1.807, 2.05) is 0 Å². The van der Waals surface area contributed by atoms with Crippen LogP contribution in [-0.4, -0.2) is 36.2 Å². The molecule has 1 aromatic carbocycles. The summed E-state index contributed by atoms with van der Waals surface area (Å²) in [7, 11) is 0. The Morgan fingerprint density at radius 2 is 1.81 bits per heavy atom. The monoisotopic (exact) mass is 217 g/mol. The van der Waals surface area contributed by atoms with Crippen molar-refractivity contribution < 1.29 is 5.11 Å². The Hall–Kier alpha value is -0.860. The number of rotatable bonds is 4. The van der Waals surface area contributed by atoms with Crippen molar-refractivity contribution in [1.29, 1.82) is 0 Å². The molecule has 86 valence electrons. The smallest absolute Gasteiger partial charge is 0.0465 e. The maximum Gasteiger partial charge on any atom is 0.0465 e. The maximum atomic E-state index is 9.09. The Bertz CT molecular complexity index is 339. The van der Waals surface area contributed by atoms with Crippen LogP contribution >= 0.6 is 0 Å². The highest BCUT2D eigenvalue weighted by molar-refractivity contribution is 5.15. The second-order valence-corrected chi connectivity index (χ2v) is 5.17. The van der Waals surface area contributed by atoms with Crippen LogP contribution in [0.3, 0.4) is 0 Å². The molecule has 0 aromatic heterocycles. The van der Waals surface area contributed by atoms with E-state index in [9.17, 15) is 0 Å². The van der Waals surface area contributed by atoms with Crippen LogP contribution in [0, 0.1) is 17.8 Å². The van der Waals surface area contributed by atoms with Crippen LogP contribution in [0.25, 0.3) is 0 Å². The molecule has 1 aliphatic carbocycles. The molecule has 1 saturated heterocycles. The first-order valence-electron chi connectivity index (χ1n) is 6.25. The van der Waals surface area contributed by atoms with E-state index in [2.05, 4.69) is 35.2 Å². The number of hydrogen-bond acceptors (Lipinski definition) is 2. The Kier molecular flexibility index (Phi) is 2.70. The fraction of sp³-hybridized carbons (Fsp3) is 0.571. The van der Waals surface area contributed by atoms with Gasteiger partial charge in [-0.1, -0.05) is 30.3 Å². The molecule has 0 radical (unpaired) electrons. The summed E-state index contributed by atoms with van der Waals surface area (Å²) < 4.78 is 0. The molecule has 2 aliphatic rings. The van der Waals surface area contributed by atoms with Gasteiger partial charge in [-0.3, -0.25) is 0 Å². The summed E-state index contributed by atoms with van der Waals surface area (Å²) in [5, 5.41) is 9.09. The third-order valence-electron chi connectivity index (χ3n) is 4.22. The molecule has 2 heteroatoms. The van der Waals surface area contributed by atoms with Gasteiger partial charge in [-0.25, -0.2) is 0 Å². The zero-order chi connectivity index (χ0) is 11.0. The zero-order valence-corrected chi connectivity index (χ0v) is 9.55. The molecule has 1 heterocycles. The Morgan fingerprint density at radius 1 is 1.12 bits per heavy atom. The maximum absolute atomic E-state index is 9.09. The lowest BCUT2D eigenvalue weighted by molar-refractivity contribution is 0.222. The summed E-state index contributed by atoms with van der Waals surface area (Å²) in [4.78, 5) is 2.55. The molecule has 3 rings (SSSR count). The molecule has 2 atom stereocenters. The SMILES string of the molecule is OCC1C2CN(CCc3ccccc3)CC12. The number of likely N-dealkylation sites (tertiary alicyclic amines) is 1. The largest absolute Gasteiger partial charge is 0.396 e. The van der Waals surface area contributed by atoms with E-state index in [4.69, 9.17) is 5.11 Å². The lowest BCUT2D eigenvalue weighted by Crippen LogP contribution is -2.27. The van der Waals surface area contributed by atoms with Crippen LogP contribution in [0.15, 0.2) is 30.3 Å². The highest BCUT2D eigenvalue weighted by atomic mass is 16.3. The predicted octanol–water partition coefficient (Wildman–Crippen LogP) is 1.40. The van der Waals surface area contributed by atoms with E-state index in [-0.39, 0.29) is 0 Å². The minimum atomic E-state index is 0.405. The molecule has 1 N–H and O–H groups in total. The van der Waals surface area contributed by atoms with Crippen molar-refractivity contribution in [3.05, 3.63) is 35.9 Å². The molecule has 0 amide bonds. The van der Waals surface area contributed by atoms with Crippen LogP contribution in [0.4, 0.5) is 0 Å². The van der Waals surface area contributed by atoms with Gasteiger partial charge in [-0.2, -0.15) is 0 Å². The van der Waals surface area contributed by atoms with Gasteiger partial charge >= 0.3 is 0 Å². The first-order chi connectivity index (χ1) is 7.88. The van der Waals surface area contributed by atoms with Gasteiger partial charge in [0.15, 0.2) is 0 Å². The second kappa shape index (κ2) is 4.19. The fourth-order valence-corrected chi connectivity index (χ4v) is 3.12. The number of aliphatic hydroxyl groups excluding tert-OH is 1. The molecule has 2 nitrogen and oxygen atoms in total. The van der Waals surface area contributed by atoms with E-state index in [0.29, 0.717) is 12.5 Å². The summed E-state index contributed by atoms with van der Waals surface area (Å²) in [5.74, 6) is 2.24. The fourth-order valence-electron chi connectivity index (χ4n) is 3.12. The minimum Gasteiger partial charge on any atom is -0.396 e. The highest BCUT2D eigenvalue weighted by Crippen LogP contribution is 2.51. The van der Waals surface area contributed by atoms with Crippen LogP contribution in [0.2, 0.25) is 0 Å². The average molecular weight is 217 g/mol. The van der Waals surface area contributed by atoms with E-state index in [0.717, 1.165) is 18.3 Å². The van der Waals surface area contributed by atoms with Crippen LogP contribution in [-0.2, 0) is 6.42 Å². The number of aliphatic hydroxyl groups is 1. The van der Waals surface area contributed by atoms with Crippen molar-refractivity contribution in [2.24, 2.45) is 17.8 Å². The molecule has 0 spiro atoms. The van der Waals surface area contributed by atoms with Crippen LogP contribution in [0.5, 0.6) is 0 Å². The van der Waals surface area contributed by atoms with E-state index in [1.165, 1.54) is 25.2 Å². The molecule has 2 unspecified atom stereocenters. The Morgan fingerprint density at radius 3 is 2.44 bits per heavy atom. The summed E-state index contributed by atoms with van der Waals surface area (Å²) in [6.45, 7) is 4.00. The third kappa shape index (κ3) is 1.87. The Labute approximate surface area is 96.9 Å². The number of benzene rings is 1. The zero-order valence-electron chi connectivity index (χ0n) is 9.55. The standard InChI is InChI=1S/C14H19NO/c16-10-14-12-8-15(9-13(12)14)7-6-11-4-2-1-3-5-11/h1-5,12-14,16H,6-10H2. The van der Waals surface area contributed by atoms with Gasteiger partial charge in [0.2, 0.25) is 0 Å². The van der Waals surface area contributed by atoms with Gasteiger partial charge in [-0.15, -0.1) is 0 Å². The van der Waals surface area contributed by atoms with Crippen LogP contribution < -0.4 is 0 Å². The van der Waals surface area contributed by atoms with Crippen molar-refractivity contribution >= 4 is 0 Å². The van der Waals surface area contributed by atoms with E-state index in [1.54, 1.807) is 0 Å². The van der Waals surface area contributed by atoms with Gasteiger partial charge in [0.05, 0.1) is 0 Å². The third-order valence-corrected chi connectivity index (χ3v) is 4.22. The molecule has 16 heavy (non-hydrogen) atoms. The van der Waals surface area contributed by atoms with E-state index >= 15 is 0 Å². The highest BCUT2D eigenvalue weighted by Gasteiger charge is 2.54. The quantitative estimate of drug-likeness (QED) is 0.824. The van der Waals surface area contributed by atoms with Crippen molar-refractivity contribution in [3.8, 4) is 0 Å². The molecule has 0 bridgehead atoms. The molecular formula is C14H19NO. The second-order valence-electron chi connectivity index (χ2n) is 5.17. The van der Waals surface area contributed by atoms with Crippen molar-refractivity contribution in [2.75, 3.05) is 26.2 Å².